The molecule has 0 N–H and O–H groups in total. The quantitative estimate of drug-likeness (QED) is 0.343. The maximum atomic E-state index is 13.5. The van der Waals surface area contributed by atoms with Crippen LogP contribution in [0.5, 0.6) is 11.5 Å². The Morgan fingerprint density at radius 2 is 1.59 bits per heavy atom. The zero-order valence-corrected chi connectivity index (χ0v) is 19.0. The lowest BCUT2D eigenvalue weighted by atomic mass is 10.1. The molecule has 1 aliphatic heterocycles. The van der Waals surface area contributed by atoms with Crippen LogP contribution in [0.25, 0.3) is 33.6 Å². The van der Waals surface area contributed by atoms with E-state index in [0.717, 1.165) is 32.6 Å². The summed E-state index contributed by atoms with van der Waals surface area (Å²) in [4.78, 5) is 19.1. The van der Waals surface area contributed by atoms with Crippen LogP contribution in [0.2, 0.25) is 0 Å². The van der Waals surface area contributed by atoms with E-state index < -0.39 is 0 Å². The van der Waals surface area contributed by atoms with Gasteiger partial charge in [-0.2, -0.15) is 0 Å². The second-order valence-corrected chi connectivity index (χ2v) is 9.17. The number of thiazole rings is 1. The van der Waals surface area contributed by atoms with Gasteiger partial charge < -0.3 is 9.47 Å². The van der Waals surface area contributed by atoms with Crippen LogP contribution >= 0.6 is 27.3 Å². The summed E-state index contributed by atoms with van der Waals surface area (Å²) >= 11 is 4.95. The highest BCUT2D eigenvalue weighted by molar-refractivity contribution is 9.10. The first-order valence-electron chi connectivity index (χ1n) is 9.96. The standard InChI is InChI=1S/C25H15BrN2O3S/c26-18-13-20-19(30-14-31-20)11-17(18)12-21-24(29)28-23(16-9-5-2-6-10-16)22(27-25(28)32-21)15-7-3-1-4-8-15/h1-13H,14H2/b21-12+. The molecule has 0 saturated heterocycles. The largest absolute Gasteiger partial charge is 0.454 e. The van der Waals surface area contributed by atoms with E-state index in [1.807, 2.05) is 78.9 Å². The fourth-order valence-electron chi connectivity index (χ4n) is 3.84. The SMILES string of the molecule is O=c1/c(=C\c2cc3c(cc2Br)OCO3)sc2nc(-c3ccccc3)c(-c3ccccc3)n12. The molecule has 7 heteroatoms. The van der Waals surface area contributed by atoms with Gasteiger partial charge in [-0.3, -0.25) is 4.79 Å². The molecule has 0 fully saturated rings. The zero-order chi connectivity index (χ0) is 21.7. The number of hydrogen-bond acceptors (Lipinski definition) is 5. The number of ether oxygens (including phenoxy) is 2. The van der Waals surface area contributed by atoms with E-state index in [0.29, 0.717) is 21.0 Å². The van der Waals surface area contributed by atoms with Gasteiger partial charge in [0.1, 0.15) is 0 Å². The molecule has 3 heterocycles. The smallest absolute Gasteiger partial charge is 0.274 e. The molecule has 0 radical (unpaired) electrons. The molecule has 6 rings (SSSR count). The van der Waals surface area contributed by atoms with Gasteiger partial charge in [-0.15, -0.1) is 0 Å². The summed E-state index contributed by atoms with van der Waals surface area (Å²) in [6.45, 7) is 0.202. The molecule has 0 saturated carbocycles. The van der Waals surface area contributed by atoms with E-state index in [9.17, 15) is 4.79 Å². The van der Waals surface area contributed by atoms with Crippen molar-refractivity contribution < 1.29 is 9.47 Å². The number of imidazole rings is 1. The number of rotatable bonds is 3. The van der Waals surface area contributed by atoms with Gasteiger partial charge in [0.15, 0.2) is 16.5 Å². The van der Waals surface area contributed by atoms with Crippen molar-refractivity contribution in [3.63, 3.8) is 0 Å². The van der Waals surface area contributed by atoms with Gasteiger partial charge in [-0.05, 0) is 23.8 Å². The fraction of sp³-hybridized carbons (Fsp3) is 0.0400. The van der Waals surface area contributed by atoms with Crippen LogP contribution in [0.3, 0.4) is 0 Å². The van der Waals surface area contributed by atoms with Gasteiger partial charge in [0.25, 0.3) is 5.56 Å². The molecule has 3 aromatic carbocycles. The fourth-order valence-corrected chi connectivity index (χ4v) is 5.24. The van der Waals surface area contributed by atoms with Crippen molar-refractivity contribution in [1.82, 2.24) is 9.38 Å². The second kappa shape index (κ2) is 7.62. The number of fused-ring (bicyclic) bond motifs is 2. The lowest BCUT2D eigenvalue weighted by Crippen LogP contribution is -2.23. The van der Waals surface area contributed by atoms with Crippen LogP contribution in [-0.4, -0.2) is 16.2 Å². The number of nitrogens with zero attached hydrogens (tertiary/aromatic N) is 2. The molecule has 156 valence electrons. The zero-order valence-electron chi connectivity index (χ0n) is 16.6. The Morgan fingerprint density at radius 3 is 2.31 bits per heavy atom. The Hall–Kier alpha value is -3.42. The summed E-state index contributed by atoms with van der Waals surface area (Å²) in [7, 11) is 0. The highest BCUT2D eigenvalue weighted by Gasteiger charge is 2.20. The lowest BCUT2D eigenvalue weighted by Gasteiger charge is -2.04. The minimum absolute atomic E-state index is 0.0944. The van der Waals surface area contributed by atoms with Crippen molar-refractivity contribution in [2.45, 2.75) is 0 Å². The first kappa shape index (κ1) is 19.3. The average molecular weight is 503 g/mol. The number of halogens is 1. The number of hydrogen-bond donors (Lipinski definition) is 0. The Morgan fingerprint density at radius 1 is 0.938 bits per heavy atom. The molecule has 5 aromatic rings. The van der Waals surface area contributed by atoms with Crippen molar-refractivity contribution >= 4 is 38.3 Å². The molecule has 0 unspecified atom stereocenters. The predicted octanol–water partition coefficient (Wildman–Crippen LogP) is 5.13. The van der Waals surface area contributed by atoms with Gasteiger partial charge in [-0.1, -0.05) is 87.9 Å². The maximum Gasteiger partial charge on any atom is 0.274 e. The molecule has 0 amide bonds. The average Bonchev–Trinajstić information content (AvgIpc) is 3.50. The van der Waals surface area contributed by atoms with Crippen LogP contribution in [0.4, 0.5) is 0 Å². The normalized spacial score (nSPS) is 13.2. The van der Waals surface area contributed by atoms with E-state index in [2.05, 4.69) is 15.9 Å². The lowest BCUT2D eigenvalue weighted by molar-refractivity contribution is 0.174. The van der Waals surface area contributed by atoms with Crippen molar-refractivity contribution in [1.29, 1.82) is 0 Å². The summed E-state index contributed by atoms with van der Waals surface area (Å²) in [6, 6.07) is 23.6. The Kier molecular flexibility index (Phi) is 4.59. The third-order valence-electron chi connectivity index (χ3n) is 5.33. The predicted molar refractivity (Wildman–Crippen MR) is 129 cm³/mol. The van der Waals surface area contributed by atoms with Crippen LogP contribution < -0.4 is 19.6 Å². The summed E-state index contributed by atoms with van der Waals surface area (Å²) in [5.41, 5.74) is 4.28. The molecule has 5 nitrogen and oxygen atoms in total. The van der Waals surface area contributed by atoms with Gasteiger partial charge in [-0.25, -0.2) is 9.38 Å². The highest BCUT2D eigenvalue weighted by atomic mass is 79.9. The van der Waals surface area contributed by atoms with E-state index >= 15 is 0 Å². The van der Waals surface area contributed by atoms with Gasteiger partial charge in [0, 0.05) is 15.6 Å². The molecule has 0 atom stereocenters. The summed E-state index contributed by atoms with van der Waals surface area (Å²) in [5, 5.41) is 0. The Bertz CT molecular complexity index is 1580. The number of benzene rings is 3. The summed E-state index contributed by atoms with van der Waals surface area (Å²) in [5.74, 6) is 1.36. The third kappa shape index (κ3) is 3.13. The summed E-state index contributed by atoms with van der Waals surface area (Å²) < 4.78 is 14.1. The Balaban J connectivity index is 1.60. The van der Waals surface area contributed by atoms with Gasteiger partial charge in [0.05, 0.1) is 15.9 Å². The van der Waals surface area contributed by atoms with Crippen LogP contribution in [0.15, 0.2) is 82.1 Å². The van der Waals surface area contributed by atoms with E-state index in [-0.39, 0.29) is 12.4 Å². The van der Waals surface area contributed by atoms with Crippen molar-refractivity contribution in [3.05, 3.63) is 97.7 Å². The van der Waals surface area contributed by atoms with Crippen LogP contribution in [0, 0.1) is 0 Å². The maximum absolute atomic E-state index is 13.5. The van der Waals surface area contributed by atoms with E-state index in [1.54, 1.807) is 4.40 Å². The molecule has 0 bridgehead atoms. The third-order valence-corrected chi connectivity index (χ3v) is 6.99. The second-order valence-electron chi connectivity index (χ2n) is 7.30. The monoisotopic (exact) mass is 502 g/mol. The van der Waals surface area contributed by atoms with Crippen molar-refractivity contribution in [2.24, 2.45) is 0 Å². The van der Waals surface area contributed by atoms with Gasteiger partial charge >= 0.3 is 0 Å². The van der Waals surface area contributed by atoms with Crippen molar-refractivity contribution in [2.75, 3.05) is 6.79 Å². The molecule has 2 aromatic heterocycles. The molecule has 1 aliphatic rings. The van der Waals surface area contributed by atoms with E-state index in [4.69, 9.17) is 14.5 Å². The summed E-state index contributed by atoms with van der Waals surface area (Å²) in [6.07, 6.45) is 1.87. The molecule has 0 aliphatic carbocycles. The number of aromatic nitrogens is 2. The van der Waals surface area contributed by atoms with Crippen molar-refractivity contribution in [3.8, 4) is 34.0 Å². The molecule has 0 spiro atoms. The van der Waals surface area contributed by atoms with Crippen LogP contribution in [0.1, 0.15) is 5.56 Å². The molecular formula is C25H15BrN2O3S. The van der Waals surface area contributed by atoms with Gasteiger partial charge in [0.2, 0.25) is 6.79 Å². The minimum Gasteiger partial charge on any atom is -0.454 e. The minimum atomic E-state index is -0.0944. The highest BCUT2D eigenvalue weighted by Crippen LogP contribution is 2.37. The molecular weight excluding hydrogens is 488 g/mol. The van der Waals surface area contributed by atoms with Crippen LogP contribution in [-0.2, 0) is 0 Å². The first-order chi connectivity index (χ1) is 15.7. The first-order valence-corrected chi connectivity index (χ1v) is 11.6. The van der Waals surface area contributed by atoms with E-state index in [1.165, 1.54) is 11.3 Å². The topological polar surface area (TPSA) is 52.8 Å². The Labute approximate surface area is 195 Å². The molecule has 32 heavy (non-hydrogen) atoms.